The van der Waals surface area contributed by atoms with Gasteiger partial charge in [0, 0.05) is 13.0 Å². The second-order valence-electron chi connectivity index (χ2n) is 3.73. The molecule has 0 radical (unpaired) electrons. The minimum atomic E-state index is -4.27. The molecule has 0 aliphatic rings. The Hall–Kier alpha value is -1.75. The van der Waals surface area contributed by atoms with Crippen LogP contribution in [-0.4, -0.2) is 18.5 Å². The lowest BCUT2D eigenvalue weighted by Crippen LogP contribution is -2.14. The van der Waals surface area contributed by atoms with Crippen molar-refractivity contribution in [2.24, 2.45) is 0 Å². The second-order valence-corrected chi connectivity index (χ2v) is 4.75. The highest BCUT2D eigenvalue weighted by molar-refractivity contribution is 7.19. The van der Waals surface area contributed by atoms with E-state index >= 15 is 0 Å². The van der Waals surface area contributed by atoms with E-state index in [9.17, 15) is 18.0 Å². The number of alkyl halides is 3. The topological polar surface area (TPSA) is 78.9 Å². The van der Waals surface area contributed by atoms with E-state index < -0.39 is 12.6 Å². The van der Waals surface area contributed by atoms with Gasteiger partial charge >= 0.3 is 6.18 Å². The average Bonchev–Trinajstić information content (AvgIpc) is 2.63. The van der Waals surface area contributed by atoms with Crippen LogP contribution in [0.15, 0.2) is 0 Å². The summed E-state index contributed by atoms with van der Waals surface area (Å²) in [4.78, 5) is 11.8. The highest BCUT2D eigenvalue weighted by Gasteiger charge is 2.27. The number of thiophene rings is 1. The molecule has 1 heterocycles. The molecule has 0 aliphatic heterocycles. The maximum absolute atomic E-state index is 12.0. The molecule has 0 spiro atoms. The largest absolute Gasteiger partial charge is 0.396 e. The molecular weight excluding hydrogens is 279 g/mol. The standard InChI is InChI=1S/C11H12F3N3OS/c1-2-7(18)9-8(16)6(5-15)10(19-9)17-4-3-11(12,13)14/h17H,2-4,16H2,1H3. The van der Waals surface area contributed by atoms with E-state index in [2.05, 4.69) is 5.32 Å². The molecular formula is C11H12F3N3OS. The van der Waals surface area contributed by atoms with Gasteiger partial charge < -0.3 is 11.1 Å². The van der Waals surface area contributed by atoms with E-state index in [-0.39, 0.29) is 39.9 Å². The fourth-order valence-corrected chi connectivity index (χ4v) is 2.47. The number of Topliss-reactive ketones (excluding diaryl/α,β-unsaturated/α-hetero) is 1. The van der Waals surface area contributed by atoms with Gasteiger partial charge in [0.15, 0.2) is 5.78 Å². The van der Waals surface area contributed by atoms with Crippen LogP contribution in [-0.2, 0) is 0 Å². The molecule has 0 amide bonds. The van der Waals surface area contributed by atoms with E-state index in [1.165, 1.54) is 0 Å². The van der Waals surface area contributed by atoms with Gasteiger partial charge in [0.25, 0.3) is 0 Å². The Balaban J connectivity index is 2.90. The summed E-state index contributed by atoms with van der Waals surface area (Å²) >= 11 is 0.918. The van der Waals surface area contributed by atoms with Crippen molar-refractivity contribution in [1.29, 1.82) is 5.26 Å². The number of nitrogens with two attached hydrogens (primary N) is 1. The van der Waals surface area contributed by atoms with E-state index in [0.717, 1.165) is 11.3 Å². The van der Waals surface area contributed by atoms with Gasteiger partial charge in [-0.15, -0.1) is 11.3 Å². The van der Waals surface area contributed by atoms with Crippen LogP contribution in [0.25, 0.3) is 0 Å². The highest BCUT2D eigenvalue weighted by Crippen LogP contribution is 2.36. The van der Waals surface area contributed by atoms with Gasteiger partial charge in [-0.2, -0.15) is 18.4 Å². The van der Waals surface area contributed by atoms with Crippen molar-refractivity contribution in [3.05, 3.63) is 10.4 Å². The lowest BCUT2D eigenvalue weighted by molar-refractivity contribution is -0.131. The molecule has 1 aromatic rings. The number of carbonyl (C=O) groups is 1. The molecule has 0 unspecified atom stereocenters. The van der Waals surface area contributed by atoms with E-state index in [1.807, 2.05) is 0 Å². The number of hydrogen-bond acceptors (Lipinski definition) is 5. The number of anilines is 2. The fraction of sp³-hybridized carbons (Fsp3) is 0.455. The van der Waals surface area contributed by atoms with Crippen molar-refractivity contribution in [2.45, 2.75) is 25.9 Å². The molecule has 104 valence electrons. The normalized spacial score (nSPS) is 11.1. The molecule has 0 saturated carbocycles. The average molecular weight is 291 g/mol. The maximum Gasteiger partial charge on any atom is 0.390 e. The number of hydrogen-bond donors (Lipinski definition) is 2. The van der Waals surface area contributed by atoms with Crippen LogP contribution in [0.1, 0.15) is 35.0 Å². The van der Waals surface area contributed by atoms with E-state index in [0.29, 0.717) is 0 Å². The lowest BCUT2D eigenvalue weighted by Gasteiger charge is -2.07. The molecule has 8 heteroatoms. The SMILES string of the molecule is CCC(=O)c1sc(NCCC(F)(F)F)c(C#N)c1N. The first-order valence-corrected chi connectivity index (χ1v) is 6.28. The minimum Gasteiger partial charge on any atom is -0.396 e. The third kappa shape index (κ3) is 3.86. The van der Waals surface area contributed by atoms with Crippen LogP contribution in [0.2, 0.25) is 0 Å². The molecule has 0 saturated heterocycles. The monoisotopic (exact) mass is 291 g/mol. The number of rotatable bonds is 5. The zero-order valence-corrected chi connectivity index (χ0v) is 10.9. The minimum absolute atomic E-state index is 0.0315. The maximum atomic E-state index is 12.0. The third-order valence-electron chi connectivity index (χ3n) is 2.33. The molecule has 0 aromatic carbocycles. The molecule has 4 nitrogen and oxygen atoms in total. The summed E-state index contributed by atoms with van der Waals surface area (Å²) in [6.07, 6.45) is -5.07. The van der Waals surface area contributed by atoms with Gasteiger partial charge in [-0.25, -0.2) is 0 Å². The summed E-state index contributed by atoms with van der Waals surface area (Å²) in [6.45, 7) is 1.28. The summed E-state index contributed by atoms with van der Waals surface area (Å²) in [7, 11) is 0. The predicted molar refractivity (Wildman–Crippen MR) is 67.2 cm³/mol. The van der Waals surface area contributed by atoms with Crippen molar-refractivity contribution < 1.29 is 18.0 Å². The van der Waals surface area contributed by atoms with Crippen molar-refractivity contribution >= 4 is 27.8 Å². The first-order valence-electron chi connectivity index (χ1n) is 5.46. The van der Waals surface area contributed by atoms with Gasteiger partial charge in [-0.3, -0.25) is 4.79 Å². The number of nitrogens with zero attached hydrogens (tertiary/aromatic N) is 1. The first-order chi connectivity index (χ1) is 8.80. The molecule has 1 rings (SSSR count). The Kier molecular flexibility index (Phi) is 4.78. The second kappa shape index (κ2) is 5.93. The van der Waals surface area contributed by atoms with Crippen LogP contribution in [0.3, 0.4) is 0 Å². The van der Waals surface area contributed by atoms with Gasteiger partial charge in [0.05, 0.1) is 17.0 Å². The zero-order valence-electron chi connectivity index (χ0n) is 10.1. The van der Waals surface area contributed by atoms with Crippen LogP contribution in [0.4, 0.5) is 23.9 Å². The van der Waals surface area contributed by atoms with Gasteiger partial charge in [-0.1, -0.05) is 6.92 Å². The van der Waals surface area contributed by atoms with Crippen molar-refractivity contribution in [3.63, 3.8) is 0 Å². The van der Waals surface area contributed by atoms with Crippen LogP contribution in [0.5, 0.6) is 0 Å². The Morgan fingerprint density at radius 3 is 2.63 bits per heavy atom. The van der Waals surface area contributed by atoms with Gasteiger partial charge in [-0.05, 0) is 0 Å². The summed E-state index contributed by atoms with van der Waals surface area (Å²) in [5.41, 5.74) is 5.72. The van der Waals surface area contributed by atoms with Crippen molar-refractivity contribution in [2.75, 3.05) is 17.6 Å². The molecule has 0 atom stereocenters. The number of ketones is 1. The first kappa shape index (κ1) is 15.3. The molecule has 0 aliphatic carbocycles. The van der Waals surface area contributed by atoms with Gasteiger partial charge in [0.1, 0.15) is 16.6 Å². The lowest BCUT2D eigenvalue weighted by atomic mass is 10.2. The summed E-state index contributed by atoms with van der Waals surface area (Å²) in [5.74, 6) is -0.233. The zero-order chi connectivity index (χ0) is 14.6. The van der Waals surface area contributed by atoms with E-state index in [4.69, 9.17) is 11.0 Å². The quantitative estimate of drug-likeness (QED) is 0.817. The predicted octanol–water partition coefficient (Wildman–Crippen LogP) is 3.16. The van der Waals surface area contributed by atoms with Crippen LogP contribution < -0.4 is 11.1 Å². The Morgan fingerprint density at radius 1 is 1.53 bits per heavy atom. The fourth-order valence-electron chi connectivity index (χ4n) is 1.36. The van der Waals surface area contributed by atoms with Crippen LogP contribution >= 0.6 is 11.3 Å². The highest BCUT2D eigenvalue weighted by atomic mass is 32.1. The Bertz CT molecular complexity index is 516. The number of halogens is 3. The van der Waals surface area contributed by atoms with Crippen LogP contribution in [0, 0.1) is 11.3 Å². The van der Waals surface area contributed by atoms with Crippen molar-refractivity contribution in [1.82, 2.24) is 0 Å². The molecule has 19 heavy (non-hydrogen) atoms. The number of carbonyl (C=O) groups excluding carboxylic acids is 1. The Morgan fingerprint density at radius 2 is 2.16 bits per heavy atom. The molecule has 1 aromatic heterocycles. The summed E-state index contributed by atoms with van der Waals surface area (Å²) in [6, 6.07) is 1.80. The van der Waals surface area contributed by atoms with E-state index in [1.54, 1.807) is 13.0 Å². The smallest absolute Gasteiger partial charge is 0.390 e. The Labute approximate surface area is 112 Å². The summed E-state index contributed by atoms with van der Waals surface area (Å²) < 4.78 is 36.1. The summed E-state index contributed by atoms with van der Waals surface area (Å²) in [5, 5.41) is 11.6. The molecule has 0 bridgehead atoms. The van der Waals surface area contributed by atoms with Crippen molar-refractivity contribution in [3.8, 4) is 6.07 Å². The molecule has 0 fully saturated rings. The number of nitrogen functional groups attached to an aromatic ring is 1. The van der Waals surface area contributed by atoms with Gasteiger partial charge in [0.2, 0.25) is 0 Å². The third-order valence-corrected chi connectivity index (χ3v) is 3.53. The number of nitriles is 1. The number of nitrogens with one attached hydrogen (secondary N) is 1. The molecule has 3 N–H and O–H groups in total.